The largest absolute Gasteiger partial charge is 0.316 e. The summed E-state index contributed by atoms with van der Waals surface area (Å²) in [6.07, 6.45) is 8.54. The zero-order chi connectivity index (χ0) is 15.4. The van der Waals surface area contributed by atoms with E-state index in [4.69, 9.17) is 0 Å². The topological polar surface area (TPSA) is 64.2 Å². The number of piperidine rings is 1. The van der Waals surface area contributed by atoms with E-state index in [1.54, 1.807) is 18.5 Å². The molecule has 5 rings (SSSR count). The first-order chi connectivity index (χ1) is 11.3. The second-order valence-electron chi connectivity index (χ2n) is 6.55. The molecule has 3 aromatic heterocycles. The highest BCUT2D eigenvalue weighted by Crippen LogP contribution is 2.33. The van der Waals surface area contributed by atoms with Gasteiger partial charge >= 0.3 is 0 Å². The highest BCUT2D eigenvalue weighted by molar-refractivity contribution is 5.85. The lowest BCUT2D eigenvalue weighted by Crippen LogP contribution is -2.44. The number of nitrogens with one attached hydrogen (secondary N) is 1. The van der Waals surface area contributed by atoms with E-state index in [0.29, 0.717) is 17.6 Å². The number of pyridine rings is 1. The van der Waals surface area contributed by atoms with Crippen LogP contribution in [0.15, 0.2) is 41.7 Å². The Bertz CT molecular complexity index is 967. The lowest BCUT2D eigenvalue weighted by molar-refractivity contribution is 0.257. The van der Waals surface area contributed by atoms with E-state index < -0.39 is 0 Å². The van der Waals surface area contributed by atoms with Gasteiger partial charge in [0, 0.05) is 61.1 Å². The summed E-state index contributed by atoms with van der Waals surface area (Å²) in [6.45, 7) is 2.81. The van der Waals surface area contributed by atoms with Crippen molar-refractivity contribution in [2.75, 3.05) is 13.1 Å². The molecule has 3 aromatic rings. The molecule has 2 bridgehead atoms. The number of fused-ring (bicyclic) bond motifs is 5. The van der Waals surface area contributed by atoms with Crippen molar-refractivity contribution in [3.63, 3.8) is 0 Å². The molecule has 2 atom stereocenters. The number of imidazole rings is 1. The van der Waals surface area contributed by atoms with Crippen molar-refractivity contribution >= 4 is 30.6 Å². The molecule has 0 amide bonds. The minimum absolute atomic E-state index is 0. The normalized spacial score (nSPS) is 21.1. The van der Waals surface area contributed by atoms with Crippen molar-refractivity contribution in [1.29, 1.82) is 0 Å². The lowest BCUT2D eigenvalue weighted by Gasteiger charge is -2.37. The summed E-state index contributed by atoms with van der Waals surface area (Å²) in [5.41, 5.74) is 3.14. The predicted octanol–water partition coefficient (Wildman–Crippen LogP) is 2.11. The lowest BCUT2D eigenvalue weighted by atomic mass is 9.83. The van der Waals surface area contributed by atoms with Crippen LogP contribution in [-0.4, -0.2) is 32.0 Å². The molecule has 132 valence electrons. The second kappa shape index (κ2) is 6.78. The Balaban J connectivity index is 0.000000911. The highest BCUT2D eigenvalue weighted by atomic mass is 35.5. The van der Waals surface area contributed by atoms with E-state index in [0.717, 1.165) is 36.5 Å². The highest BCUT2D eigenvalue weighted by Gasteiger charge is 2.31. The summed E-state index contributed by atoms with van der Waals surface area (Å²) in [5, 5.41) is 3.49. The van der Waals surface area contributed by atoms with Crippen LogP contribution in [-0.2, 0) is 6.54 Å². The third-order valence-corrected chi connectivity index (χ3v) is 5.04. The van der Waals surface area contributed by atoms with Gasteiger partial charge in [0.05, 0.1) is 0 Å². The minimum Gasteiger partial charge on any atom is -0.316 e. The van der Waals surface area contributed by atoms with E-state index >= 15 is 0 Å². The maximum Gasteiger partial charge on any atom is 0.251 e. The fourth-order valence-electron chi connectivity index (χ4n) is 3.94. The van der Waals surface area contributed by atoms with Gasteiger partial charge in [-0.05, 0) is 30.5 Å². The van der Waals surface area contributed by atoms with Crippen LogP contribution in [0.25, 0.3) is 16.9 Å². The SMILES string of the molecule is Cl.Cl.O=c1cc(-c2cnc3nccn3c2)cc2n1C[C@@H]1CNC[C@H]2C1. The molecule has 1 N–H and O–H groups in total. The van der Waals surface area contributed by atoms with Gasteiger partial charge in [-0.1, -0.05) is 0 Å². The monoisotopic (exact) mass is 379 g/mol. The van der Waals surface area contributed by atoms with Gasteiger partial charge in [0.15, 0.2) is 0 Å². The maximum absolute atomic E-state index is 12.6. The minimum atomic E-state index is 0. The molecule has 2 aliphatic rings. The molecule has 0 radical (unpaired) electrons. The van der Waals surface area contributed by atoms with Gasteiger partial charge in [0.2, 0.25) is 5.78 Å². The van der Waals surface area contributed by atoms with Crippen molar-refractivity contribution in [2.45, 2.75) is 18.9 Å². The molecule has 6 nitrogen and oxygen atoms in total. The van der Waals surface area contributed by atoms with E-state index in [1.807, 2.05) is 21.4 Å². The summed E-state index contributed by atoms with van der Waals surface area (Å²) < 4.78 is 3.84. The summed E-state index contributed by atoms with van der Waals surface area (Å²) in [7, 11) is 0. The van der Waals surface area contributed by atoms with Crippen LogP contribution in [0, 0.1) is 5.92 Å². The van der Waals surface area contributed by atoms with Crippen LogP contribution in [0.1, 0.15) is 18.0 Å². The molecule has 1 saturated heterocycles. The number of aromatic nitrogens is 4. The molecule has 2 aliphatic heterocycles. The molecule has 0 saturated carbocycles. The van der Waals surface area contributed by atoms with Gasteiger partial charge in [-0.3, -0.25) is 9.20 Å². The second-order valence-corrected chi connectivity index (χ2v) is 6.55. The van der Waals surface area contributed by atoms with Crippen LogP contribution in [0.5, 0.6) is 0 Å². The molecule has 5 heterocycles. The van der Waals surface area contributed by atoms with Crippen molar-refractivity contribution < 1.29 is 0 Å². The zero-order valence-electron chi connectivity index (χ0n) is 13.5. The first kappa shape index (κ1) is 17.9. The first-order valence-corrected chi connectivity index (χ1v) is 8.02. The fourth-order valence-corrected chi connectivity index (χ4v) is 3.94. The Hall–Kier alpha value is -1.89. The van der Waals surface area contributed by atoms with Crippen molar-refractivity contribution in [1.82, 2.24) is 24.3 Å². The summed E-state index contributed by atoms with van der Waals surface area (Å²) in [5.74, 6) is 1.68. The molecule has 0 unspecified atom stereocenters. The fraction of sp³-hybridized carbons (Fsp3) is 0.353. The molecular formula is C17H19Cl2N5O. The third kappa shape index (κ3) is 2.94. The Morgan fingerprint density at radius 3 is 2.88 bits per heavy atom. The van der Waals surface area contributed by atoms with Crippen LogP contribution >= 0.6 is 24.8 Å². The molecule has 25 heavy (non-hydrogen) atoms. The molecule has 0 spiro atoms. The van der Waals surface area contributed by atoms with Crippen LogP contribution < -0.4 is 10.9 Å². The van der Waals surface area contributed by atoms with Crippen molar-refractivity contribution in [3.05, 3.63) is 53.0 Å². The van der Waals surface area contributed by atoms with E-state index in [2.05, 4.69) is 21.4 Å². The van der Waals surface area contributed by atoms with Gasteiger partial charge < -0.3 is 9.88 Å². The van der Waals surface area contributed by atoms with E-state index in [9.17, 15) is 4.79 Å². The Morgan fingerprint density at radius 2 is 2.00 bits per heavy atom. The maximum atomic E-state index is 12.6. The third-order valence-electron chi connectivity index (χ3n) is 5.04. The Labute approximate surface area is 157 Å². The standard InChI is InChI=1S/C17H17N5O.2ClH/c23-16-5-12(14-8-20-17-19-1-2-21(17)10-14)4-15-13-3-11(6-18-7-13)9-22(15)16;;/h1-2,4-5,8,10-11,13,18H,3,6-7,9H2;2*1H/t11-,13+;;/m0../s1. The number of hydrogen-bond acceptors (Lipinski definition) is 4. The smallest absolute Gasteiger partial charge is 0.251 e. The van der Waals surface area contributed by atoms with Gasteiger partial charge in [-0.15, -0.1) is 24.8 Å². The zero-order valence-corrected chi connectivity index (χ0v) is 15.1. The molecular weight excluding hydrogens is 361 g/mol. The molecule has 0 aromatic carbocycles. The summed E-state index contributed by atoms with van der Waals surface area (Å²) in [6, 6.07) is 3.90. The Morgan fingerprint density at radius 1 is 1.12 bits per heavy atom. The quantitative estimate of drug-likeness (QED) is 0.703. The molecule has 1 fully saturated rings. The van der Waals surface area contributed by atoms with E-state index in [1.165, 1.54) is 6.42 Å². The Kier molecular flexibility index (Phi) is 4.86. The summed E-state index contributed by atoms with van der Waals surface area (Å²) >= 11 is 0. The van der Waals surface area contributed by atoms with Crippen molar-refractivity contribution in [2.24, 2.45) is 5.92 Å². The first-order valence-electron chi connectivity index (χ1n) is 8.02. The predicted molar refractivity (Wildman–Crippen MR) is 101 cm³/mol. The molecule has 8 heteroatoms. The van der Waals surface area contributed by atoms with Crippen LogP contribution in [0.3, 0.4) is 0 Å². The number of hydrogen-bond donors (Lipinski definition) is 1. The summed E-state index contributed by atoms with van der Waals surface area (Å²) in [4.78, 5) is 21.1. The number of halogens is 2. The van der Waals surface area contributed by atoms with Gasteiger partial charge in [0.1, 0.15) is 0 Å². The van der Waals surface area contributed by atoms with Crippen LogP contribution in [0.2, 0.25) is 0 Å². The van der Waals surface area contributed by atoms with Gasteiger partial charge in [0.25, 0.3) is 5.56 Å². The van der Waals surface area contributed by atoms with Crippen molar-refractivity contribution in [3.8, 4) is 11.1 Å². The van der Waals surface area contributed by atoms with Gasteiger partial charge in [-0.25, -0.2) is 9.97 Å². The van der Waals surface area contributed by atoms with Crippen LogP contribution in [0.4, 0.5) is 0 Å². The van der Waals surface area contributed by atoms with Gasteiger partial charge in [-0.2, -0.15) is 0 Å². The van der Waals surface area contributed by atoms with E-state index in [-0.39, 0.29) is 30.4 Å². The average Bonchev–Trinajstić information content (AvgIpc) is 3.03. The average molecular weight is 380 g/mol. The molecule has 0 aliphatic carbocycles. The number of nitrogens with zero attached hydrogens (tertiary/aromatic N) is 4. The number of rotatable bonds is 1.